The fourth-order valence-electron chi connectivity index (χ4n) is 2.47. The molecule has 0 bridgehead atoms. The number of aromatic nitrogens is 1. The Labute approximate surface area is 120 Å². The van der Waals surface area contributed by atoms with Crippen molar-refractivity contribution in [1.29, 1.82) is 0 Å². The summed E-state index contributed by atoms with van der Waals surface area (Å²) in [5.74, 6) is 0. The molecule has 102 valence electrons. The predicted octanol–water partition coefficient (Wildman–Crippen LogP) is 4.35. The zero-order valence-corrected chi connectivity index (χ0v) is 12.8. The maximum Gasteiger partial charge on any atom is 0.0668 e. The molecule has 19 heavy (non-hydrogen) atoms. The molecular weight excluding hydrogens is 256 g/mol. The van der Waals surface area contributed by atoms with Crippen LogP contribution in [-0.2, 0) is 0 Å². The summed E-state index contributed by atoms with van der Waals surface area (Å²) in [5.41, 5.74) is 4.74. The van der Waals surface area contributed by atoms with Gasteiger partial charge in [-0.25, -0.2) is 0 Å². The molecule has 1 heterocycles. The summed E-state index contributed by atoms with van der Waals surface area (Å²) in [6, 6.07) is 2.05. The minimum atomic E-state index is 0.269. The summed E-state index contributed by atoms with van der Waals surface area (Å²) in [7, 11) is 1.98. The van der Waals surface area contributed by atoms with E-state index < -0.39 is 0 Å². The van der Waals surface area contributed by atoms with Crippen LogP contribution in [0.3, 0.4) is 0 Å². The molecule has 2 nitrogen and oxygen atoms in total. The first-order chi connectivity index (χ1) is 8.93. The Morgan fingerprint density at radius 2 is 2.11 bits per heavy atom. The van der Waals surface area contributed by atoms with Crippen molar-refractivity contribution in [3.05, 3.63) is 46.4 Å². The van der Waals surface area contributed by atoms with Crippen molar-refractivity contribution in [2.24, 2.45) is 5.41 Å². The summed E-state index contributed by atoms with van der Waals surface area (Å²) in [5, 5.41) is 4.05. The van der Waals surface area contributed by atoms with E-state index in [0.29, 0.717) is 5.02 Å². The molecule has 1 aliphatic carbocycles. The summed E-state index contributed by atoms with van der Waals surface area (Å²) in [6.45, 7) is 6.57. The molecule has 0 amide bonds. The Morgan fingerprint density at radius 3 is 2.79 bits per heavy atom. The molecule has 1 aliphatic rings. The highest BCUT2D eigenvalue weighted by Gasteiger charge is 2.23. The summed E-state index contributed by atoms with van der Waals surface area (Å²) >= 11 is 6.32. The molecule has 0 aromatic carbocycles. The smallest absolute Gasteiger partial charge is 0.0668 e. The maximum atomic E-state index is 6.32. The molecule has 0 saturated heterocycles. The number of halogens is 1. The average molecular weight is 277 g/mol. The van der Waals surface area contributed by atoms with E-state index in [-0.39, 0.29) is 5.41 Å². The Kier molecular flexibility index (Phi) is 4.00. The van der Waals surface area contributed by atoms with Crippen molar-refractivity contribution in [2.45, 2.75) is 33.6 Å². The molecule has 1 aromatic heterocycles. The van der Waals surface area contributed by atoms with Gasteiger partial charge in [-0.15, -0.1) is 0 Å². The van der Waals surface area contributed by atoms with Gasteiger partial charge in [-0.3, -0.25) is 4.98 Å². The van der Waals surface area contributed by atoms with Gasteiger partial charge < -0.3 is 5.32 Å². The molecule has 0 spiro atoms. The van der Waals surface area contributed by atoms with E-state index >= 15 is 0 Å². The number of allylic oxidation sites excluding steroid dienone is 4. The van der Waals surface area contributed by atoms with E-state index in [2.05, 4.69) is 42.4 Å². The zero-order valence-electron chi connectivity index (χ0n) is 12.0. The molecular formula is C16H21ClN2. The second kappa shape index (κ2) is 5.38. The molecule has 0 aliphatic heterocycles. The van der Waals surface area contributed by atoms with Crippen molar-refractivity contribution < 1.29 is 0 Å². The molecule has 1 N–H and O–H groups in total. The lowest BCUT2D eigenvalue weighted by Gasteiger charge is -2.24. The third-order valence-electron chi connectivity index (χ3n) is 3.52. The maximum absolute atomic E-state index is 6.32. The monoisotopic (exact) mass is 276 g/mol. The highest BCUT2D eigenvalue weighted by molar-refractivity contribution is 6.32. The fourth-order valence-corrected chi connectivity index (χ4v) is 2.67. The largest absolute Gasteiger partial charge is 0.391 e. The van der Waals surface area contributed by atoms with Crippen LogP contribution in [0, 0.1) is 12.3 Å². The first-order valence-electron chi connectivity index (χ1n) is 6.63. The second-order valence-corrected chi connectivity index (χ2v) is 6.30. The number of pyridine rings is 1. The molecule has 0 unspecified atom stereocenters. The number of hydrogen-bond acceptors (Lipinski definition) is 2. The van der Waals surface area contributed by atoms with Gasteiger partial charge in [-0.1, -0.05) is 37.6 Å². The SMILES string of the molecule is CNC1=C(c2cc(C)ncc2Cl)C=CCC(C)(C)C1. The van der Waals surface area contributed by atoms with E-state index in [1.807, 2.05) is 14.0 Å². The lowest BCUT2D eigenvalue weighted by atomic mass is 9.85. The topological polar surface area (TPSA) is 24.9 Å². The van der Waals surface area contributed by atoms with E-state index in [9.17, 15) is 0 Å². The number of rotatable bonds is 2. The van der Waals surface area contributed by atoms with E-state index in [1.165, 1.54) is 11.3 Å². The van der Waals surface area contributed by atoms with Crippen LogP contribution in [0.1, 0.15) is 37.9 Å². The van der Waals surface area contributed by atoms with Gasteiger partial charge in [0.2, 0.25) is 0 Å². The third kappa shape index (κ3) is 3.19. The number of nitrogens with one attached hydrogen (secondary N) is 1. The molecule has 1 aromatic rings. The van der Waals surface area contributed by atoms with Crippen LogP contribution in [0.2, 0.25) is 5.02 Å². The van der Waals surface area contributed by atoms with Gasteiger partial charge in [0.1, 0.15) is 0 Å². The average Bonchev–Trinajstić information content (AvgIpc) is 2.50. The number of aryl methyl sites for hydroxylation is 1. The fraction of sp³-hybridized carbons (Fsp3) is 0.438. The van der Waals surface area contributed by atoms with Gasteiger partial charge >= 0.3 is 0 Å². The van der Waals surface area contributed by atoms with Crippen LogP contribution in [0.25, 0.3) is 5.57 Å². The van der Waals surface area contributed by atoms with Crippen LogP contribution >= 0.6 is 11.6 Å². The zero-order chi connectivity index (χ0) is 14.0. The highest BCUT2D eigenvalue weighted by atomic mass is 35.5. The quantitative estimate of drug-likeness (QED) is 0.869. The molecule has 0 atom stereocenters. The van der Waals surface area contributed by atoms with Crippen molar-refractivity contribution in [2.75, 3.05) is 7.05 Å². The summed E-state index contributed by atoms with van der Waals surface area (Å²) in [6.07, 6.45) is 8.25. The minimum absolute atomic E-state index is 0.269. The first-order valence-corrected chi connectivity index (χ1v) is 7.01. The van der Waals surface area contributed by atoms with E-state index in [0.717, 1.165) is 24.1 Å². The van der Waals surface area contributed by atoms with Crippen molar-refractivity contribution >= 4 is 17.2 Å². The summed E-state index contributed by atoms with van der Waals surface area (Å²) in [4.78, 5) is 4.24. The van der Waals surface area contributed by atoms with Crippen LogP contribution in [0.15, 0.2) is 30.1 Å². The van der Waals surface area contributed by atoms with E-state index in [1.54, 1.807) is 6.20 Å². The van der Waals surface area contributed by atoms with Gasteiger partial charge in [-0.05, 0) is 31.2 Å². The Bertz CT molecular complexity index is 542. The van der Waals surface area contributed by atoms with Crippen LogP contribution in [0.5, 0.6) is 0 Å². The van der Waals surface area contributed by atoms with Gasteiger partial charge in [-0.2, -0.15) is 0 Å². The lowest BCUT2D eigenvalue weighted by Crippen LogP contribution is -2.17. The normalized spacial score (nSPS) is 18.4. The van der Waals surface area contributed by atoms with Gasteiger partial charge in [0.25, 0.3) is 0 Å². The van der Waals surface area contributed by atoms with Crippen LogP contribution in [0.4, 0.5) is 0 Å². The van der Waals surface area contributed by atoms with Crippen molar-refractivity contribution in [3.8, 4) is 0 Å². The van der Waals surface area contributed by atoms with Crippen LogP contribution in [-0.4, -0.2) is 12.0 Å². The molecule has 3 heteroatoms. The Morgan fingerprint density at radius 1 is 1.37 bits per heavy atom. The minimum Gasteiger partial charge on any atom is -0.391 e. The number of nitrogens with zero attached hydrogens (tertiary/aromatic N) is 1. The van der Waals surface area contributed by atoms with Crippen molar-refractivity contribution in [3.63, 3.8) is 0 Å². The standard InChI is InChI=1S/C16H21ClN2/c1-11-8-13(14(17)10-19-11)12-6-5-7-16(2,3)9-15(12)18-4/h5-6,8,10,18H,7,9H2,1-4H3. The second-order valence-electron chi connectivity index (χ2n) is 5.90. The molecule has 0 saturated carbocycles. The first kappa shape index (κ1) is 14.1. The molecule has 2 rings (SSSR count). The highest BCUT2D eigenvalue weighted by Crippen LogP contribution is 2.37. The summed E-state index contributed by atoms with van der Waals surface area (Å²) < 4.78 is 0. The Balaban J connectivity index is 2.56. The van der Waals surface area contributed by atoms with Crippen LogP contribution < -0.4 is 5.32 Å². The lowest BCUT2D eigenvalue weighted by molar-refractivity contribution is 0.363. The van der Waals surface area contributed by atoms with Gasteiger partial charge in [0.05, 0.1) is 5.02 Å². The Hall–Kier alpha value is -1.28. The third-order valence-corrected chi connectivity index (χ3v) is 3.82. The van der Waals surface area contributed by atoms with E-state index in [4.69, 9.17) is 11.6 Å². The number of hydrogen-bond donors (Lipinski definition) is 1. The molecule has 0 radical (unpaired) electrons. The van der Waals surface area contributed by atoms with Gasteiger partial charge in [0, 0.05) is 35.8 Å². The van der Waals surface area contributed by atoms with Gasteiger partial charge in [0.15, 0.2) is 0 Å². The molecule has 0 fully saturated rings. The van der Waals surface area contributed by atoms with Crippen molar-refractivity contribution in [1.82, 2.24) is 10.3 Å². The predicted molar refractivity (Wildman–Crippen MR) is 82.1 cm³/mol.